The molecule has 0 unspecified atom stereocenters. The molecule has 1 aromatic heterocycles. The minimum absolute atomic E-state index is 0.114. The van der Waals surface area contributed by atoms with Gasteiger partial charge < -0.3 is 9.15 Å². The molecule has 3 aromatic rings. The van der Waals surface area contributed by atoms with Crippen molar-refractivity contribution in [3.8, 4) is 5.75 Å². The third kappa shape index (κ3) is 3.38. The van der Waals surface area contributed by atoms with Crippen molar-refractivity contribution >= 4 is 23.0 Å². The Labute approximate surface area is 140 Å². The van der Waals surface area contributed by atoms with E-state index >= 15 is 0 Å². The first-order chi connectivity index (χ1) is 11.6. The highest BCUT2D eigenvalue weighted by molar-refractivity contribution is 5.98. The molecular formula is C20H18O4. The second-order valence-electron chi connectivity index (χ2n) is 5.96. The van der Waals surface area contributed by atoms with Crippen molar-refractivity contribution in [2.75, 3.05) is 6.61 Å². The van der Waals surface area contributed by atoms with Crippen LogP contribution in [0.3, 0.4) is 0 Å². The number of carbonyl (C=O) groups is 2. The van der Waals surface area contributed by atoms with Gasteiger partial charge in [-0.05, 0) is 53.9 Å². The Kier molecular flexibility index (Phi) is 4.47. The number of hydrogen-bond donors (Lipinski definition) is 0. The van der Waals surface area contributed by atoms with Crippen LogP contribution < -0.4 is 4.74 Å². The average Bonchev–Trinajstić information content (AvgIpc) is 3.03. The monoisotopic (exact) mass is 322 g/mol. The largest absolute Gasteiger partial charge is 0.485 e. The van der Waals surface area contributed by atoms with Crippen LogP contribution in [0.5, 0.6) is 5.75 Å². The van der Waals surface area contributed by atoms with Crippen LogP contribution in [-0.4, -0.2) is 18.7 Å². The van der Waals surface area contributed by atoms with Crippen molar-refractivity contribution < 1.29 is 18.7 Å². The highest BCUT2D eigenvalue weighted by Gasteiger charge is 2.14. The maximum absolute atomic E-state index is 12.3. The summed E-state index contributed by atoms with van der Waals surface area (Å²) in [4.78, 5) is 22.9. The molecule has 0 fully saturated rings. The second kappa shape index (κ2) is 6.71. The second-order valence-corrected chi connectivity index (χ2v) is 5.96. The first-order valence-corrected chi connectivity index (χ1v) is 7.81. The van der Waals surface area contributed by atoms with E-state index in [-0.39, 0.29) is 18.2 Å². The number of ketones is 1. The molecule has 0 bridgehead atoms. The third-order valence-corrected chi connectivity index (χ3v) is 3.87. The molecule has 122 valence electrons. The number of aldehydes is 1. The zero-order chi connectivity index (χ0) is 17.1. The summed E-state index contributed by atoms with van der Waals surface area (Å²) in [5, 5.41) is 0.917. The van der Waals surface area contributed by atoms with E-state index in [1.807, 2.05) is 18.2 Å². The van der Waals surface area contributed by atoms with Gasteiger partial charge in [0, 0.05) is 10.9 Å². The number of benzene rings is 2. The van der Waals surface area contributed by atoms with Crippen molar-refractivity contribution in [2.24, 2.45) is 0 Å². The lowest BCUT2D eigenvalue weighted by molar-refractivity contribution is 0.0895. The summed E-state index contributed by atoms with van der Waals surface area (Å²) in [5.41, 5.74) is 2.46. The summed E-state index contributed by atoms with van der Waals surface area (Å²) in [6, 6.07) is 14.3. The van der Waals surface area contributed by atoms with E-state index in [2.05, 4.69) is 13.8 Å². The van der Waals surface area contributed by atoms with Gasteiger partial charge in [-0.25, -0.2) is 0 Å². The molecule has 0 spiro atoms. The Morgan fingerprint density at radius 1 is 1.12 bits per heavy atom. The van der Waals surface area contributed by atoms with Crippen molar-refractivity contribution in [3.63, 3.8) is 0 Å². The van der Waals surface area contributed by atoms with Crippen LogP contribution in [0.15, 0.2) is 52.9 Å². The predicted molar refractivity (Wildman–Crippen MR) is 92.0 cm³/mol. The number of carbonyl (C=O) groups excluding carboxylic acids is 2. The molecule has 3 rings (SSSR count). The van der Waals surface area contributed by atoms with Crippen LogP contribution in [0.4, 0.5) is 0 Å². The van der Waals surface area contributed by atoms with Gasteiger partial charge in [-0.15, -0.1) is 0 Å². The molecule has 0 saturated carbocycles. The topological polar surface area (TPSA) is 56.5 Å². The molecule has 0 saturated heterocycles. The molecule has 4 nitrogen and oxygen atoms in total. The minimum Gasteiger partial charge on any atom is -0.485 e. The number of fused-ring (bicyclic) bond motifs is 1. The summed E-state index contributed by atoms with van der Waals surface area (Å²) < 4.78 is 11.1. The van der Waals surface area contributed by atoms with E-state index in [1.54, 1.807) is 30.3 Å². The van der Waals surface area contributed by atoms with Gasteiger partial charge in [-0.2, -0.15) is 0 Å². The Balaban J connectivity index is 1.72. The van der Waals surface area contributed by atoms with E-state index in [0.717, 1.165) is 11.7 Å². The number of furan rings is 1. The molecule has 2 aromatic carbocycles. The summed E-state index contributed by atoms with van der Waals surface area (Å²) in [6.45, 7) is 4.13. The average molecular weight is 322 g/mol. The molecule has 0 aliphatic heterocycles. The molecular weight excluding hydrogens is 304 g/mol. The van der Waals surface area contributed by atoms with E-state index in [9.17, 15) is 9.59 Å². The van der Waals surface area contributed by atoms with Gasteiger partial charge in [-0.1, -0.05) is 19.9 Å². The maximum Gasteiger partial charge on any atom is 0.235 e. The first-order valence-electron chi connectivity index (χ1n) is 7.81. The normalized spacial score (nSPS) is 11.0. The van der Waals surface area contributed by atoms with Gasteiger partial charge in [0.15, 0.2) is 12.4 Å². The molecule has 0 aliphatic rings. The van der Waals surface area contributed by atoms with Gasteiger partial charge in [0.25, 0.3) is 0 Å². The Bertz CT molecular complexity index is 872. The van der Waals surface area contributed by atoms with E-state index in [1.165, 1.54) is 5.56 Å². The fourth-order valence-electron chi connectivity index (χ4n) is 2.42. The number of Topliss-reactive ketones (excluding diaryl/α,β-unsaturated/α-hetero) is 1. The highest BCUT2D eigenvalue weighted by atomic mass is 16.5. The summed E-state index contributed by atoms with van der Waals surface area (Å²) in [7, 11) is 0. The van der Waals surface area contributed by atoms with Crippen LogP contribution in [0.25, 0.3) is 11.0 Å². The van der Waals surface area contributed by atoms with Crippen molar-refractivity contribution in [1.29, 1.82) is 0 Å². The molecule has 0 amide bonds. The standard InChI is InChI=1S/C20H18O4/c1-13(2)15-5-8-19-16(9-15)10-20(24-19)18(22)12-23-17-6-3-14(11-21)4-7-17/h3-11,13H,12H2,1-2H3. The lowest BCUT2D eigenvalue weighted by Gasteiger charge is -2.03. The summed E-state index contributed by atoms with van der Waals surface area (Å²) in [6.07, 6.45) is 0.759. The summed E-state index contributed by atoms with van der Waals surface area (Å²) in [5.74, 6) is 1.01. The van der Waals surface area contributed by atoms with Crippen LogP contribution in [0.1, 0.15) is 46.2 Å². The Hall–Kier alpha value is -2.88. The van der Waals surface area contributed by atoms with Crippen LogP contribution in [0, 0.1) is 0 Å². The molecule has 1 heterocycles. The Morgan fingerprint density at radius 2 is 1.88 bits per heavy atom. The van der Waals surface area contributed by atoms with Crippen LogP contribution in [-0.2, 0) is 0 Å². The smallest absolute Gasteiger partial charge is 0.235 e. The molecule has 0 aliphatic carbocycles. The van der Waals surface area contributed by atoms with Gasteiger partial charge in [0.2, 0.25) is 5.78 Å². The van der Waals surface area contributed by atoms with Gasteiger partial charge in [-0.3, -0.25) is 9.59 Å². The number of ether oxygens (including phenoxy) is 1. The van der Waals surface area contributed by atoms with Crippen molar-refractivity contribution in [1.82, 2.24) is 0 Å². The maximum atomic E-state index is 12.3. The lowest BCUT2D eigenvalue weighted by Crippen LogP contribution is -2.10. The van der Waals surface area contributed by atoms with Gasteiger partial charge in [0.1, 0.15) is 17.6 Å². The Morgan fingerprint density at radius 3 is 2.54 bits per heavy atom. The van der Waals surface area contributed by atoms with Gasteiger partial charge >= 0.3 is 0 Å². The van der Waals surface area contributed by atoms with E-state index in [4.69, 9.17) is 9.15 Å². The fraction of sp³-hybridized carbons (Fsp3) is 0.200. The number of hydrogen-bond acceptors (Lipinski definition) is 4. The first kappa shape index (κ1) is 16.0. The van der Waals surface area contributed by atoms with Crippen LogP contribution in [0.2, 0.25) is 0 Å². The van der Waals surface area contributed by atoms with Crippen molar-refractivity contribution in [2.45, 2.75) is 19.8 Å². The quantitative estimate of drug-likeness (QED) is 0.490. The molecule has 4 heteroatoms. The molecule has 0 atom stereocenters. The number of rotatable bonds is 6. The zero-order valence-corrected chi connectivity index (χ0v) is 13.6. The molecule has 0 N–H and O–H groups in total. The highest BCUT2D eigenvalue weighted by Crippen LogP contribution is 2.24. The lowest BCUT2D eigenvalue weighted by atomic mass is 10.0. The zero-order valence-electron chi connectivity index (χ0n) is 13.6. The predicted octanol–water partition coefficient (Wildman–Crippen LogP) is 4.63. The third-order valence-electron chi connectivity index (χ3n) is 3.87. The fourth-order valence-corrected chi connectivity index (χ4v) is 2.42. The SMILES string of the molecule is CC(C)c1ccc2oc(C(=O)COc3ccc(C=O)cc3)cc2c1. The molecule has 0 radical (unpaired) electrons. The summed E-state index contributed by atoms with van der Waals surface area (Å²) >= 11 is 0. The molecule has 24 heavy (non-hydrogen) atoms. The van der Waals surface area contributed by atoms with Crippen LogP contribution >= 0.6 is 0 Å². The van der Waals surface area contributed by atoms with Crippen molar-refractivity contribution in [3.05, 3.63) is 65.4 Å². The minimum atomic E-state index is -0.225. The van der Waals surface area contributed by atoms with Gasteiger partial charge in [0.05, 0.1) is 0 Å². The van der Waals surface area contributed by atoms with E-state index in [0.29, 0.717) is 22.8 Å². The van der Waals surface area contributed by atoms with E-state index < -0.39 is 0 Å².